The van der Waals surface area contributed by atoms with Crippen molar-refractivity contribution < 1.29 is 23.8 Å². The Balaban J connectivity index is 1.42. The molecular formula is C22H27FN4O4. The predicted octanol–water partition coefficient (Wildman–Crippen LogP) is 1.87. The summed E-state index contributed by atoms with van der Waals surface area (Å²) in [6.45, 7) is 4.16. The molecule has 4 rings (SSSR count). The first-order chi connectivity index (χ1) is 14.7. The van der Waals surface area contributed by atoms with E-state index in [1.807, 2.05) is 0 Å². The molecule has 2 aliphatic heterocycles. The minimum atomic E-state index is -1.14. The van der Waals surface area contributed by atoms with E-state index in [0.29, 0.717) is 49.3 Å². The van der Waals surface area contributed by atoms with Gasteiger partial charge in [0.15, 0.2) is 0 Å². The molecule has 3 heterocycles. The molecule has 2 saturated heterocycles. The zero-order valence-electron chi connectivity index (χ0n) is 17.7. The van der Waals surface area contributed by atoms with E-state index in [1.54, 1.807) is 36.1 Å². The molecule has 0 radical (unpaired) electrons. The summed E-state index contributed by atoms with van der Waals surface area (Å²) < 4.78 is 20.0. The third kappa shape index (κ3) is 4.33. The highest BCUT2D eigenvalue weighted by Crippen LogP contribution is 2.38. The highest BCUT2D eigenvalue weighted by molar-refractivity contribution is 5.93. The molecule has 9 heteroatoms. The van der Waals surface area contributed by atoms with E-state index in [1.165, 1.54) is 13.0 Å². The first kappa shape index (κ1) is 21.5. The summed E-state index contributed by atoms with van der Waals surface area (Å²) in [6.07, 6.45) is 1.68. The molecule has 0 unspecified atom stereocenters. The molecular weight excluding hydrogens is 403 g/mol. The van der Waals surface area contributed by atoms with Gasteiger partial charge in [-0.2, -0.15) is 5.10 Å². The summed E-state index contributed by atoms with van der Waals surface area (Å²) in [7, 11) is 0. The van der Waals surface area contributed by atoms with E-state index in [9.17, 15) is 19.1 Å². The number of hydrogen-bond acceptors (Lipinski definition) is 5. The van der Waals surface area contributed by atoms with Crippen molar-refractivity contribution in [2.24, 2.45) is 0 Å². The van der Waals surface area contributed by atoms with Crippen molar-refractivity contribution in [3.63, 3.8) is 0 Å². The molecule has 1 aromatic heterocycles. The molecule has 8 nitrogen and oxygen atoms in total. The van der Waals surface area contributed by atoms with Crippen molar-refractivity contribution >= 4 is 11.8 Å². The number of nitrogens with zero attached hydrogens (tertiary/aromatic N) is 2. The Bertz CT molecular complexity index is 981. The summed E-state index contributed by atoms with van der Waals surface area (Å²) in [6, 6.07) is 7.44. The van der Waals surface area contributed by atoms with Gasteiger partial charge in [0.05, 0.1) is 23.9 Å². The average Bonchev–Trinajstić information content (AvgIpc) is 3.21. The smallest absolute Gasteiger partial charge is 0.271 e. The minimum Gasteiger partial charge on any atom is -0.386 e. The number of aromatic amines is 1. The maximum Gasteiger partial charge on any atom is 0.271 e. The molecule has 2 aliphatic rings. The fourth-order valence-corrected chi connectivity index (χ4v) is 4.38. The molecule has 31 heavy (non-hydrogen) atoms. The molecule has 2 atom stereocenters. The number of carbonyl (C=O) groups excluding carboxylic acids is 2. The number of likely N-dealkylation sites (tertiary alicyclic amines) is 1. The van der Waals surface area contributed by atoms with Crippen molar-refractivity contribution in [1.29, 1.82) is 0 Å². The fourth-order valence-electron chi connectivity index (χ4n) is 4.38. The van der Waals surface area contributed by atoms with E-state index in [4.69, 9.17) is 4.74 Å². The summed E-state index contributed by atoms with van der Waals surface area (Å²) >= 11 is 0. The molecule has 3 N–H and O–H groups in total. The predicted molar refractivity (Wildman–Crippen MR) is 111 cm³/mol. The number of H-pyrrole nitrogens is 1. The average molecular weight is 430 g/mol. The largest absolute Gasteiger partial charge is 0.386 e. The topological polar surface area (TPSA) is 108 Å². The van der Waals surface area contributed by atoms with Crippen LogP contribution in [0.3, 0.4) is 0 Å². The first-order valence-electron chi connectivity index (χ1n) is 10.4. The Morgan fingerprint density at radius 2 is 2.03 bits per heavy atom. The normalized spacial score (nSPS) is 25.4. The van der Waals surface area contributed by atoms with Crippen LogP contribution < -0.4 is 5.32 Å². The van der Waals surface area contributed by atoms with Crippen LogP contribution in [-0.2, 0) is 9.53 Å². The second-order valence-electron chi connectivity index (χ2n) is 8.73. The Labute approximate surface area is 179 Å². The third-order valence-corrected chi connectivity index (χ3v) is 6.29. The highest BCUT2D eigenvalue weighted by Gasteiger charge is 2.49. The SMILES string of the molecule is CC(=O)N[C@H]1CC2(CCN(C(=O)c3cc(-c4ccccc4F)n[nH]3)CC2)OC[C@]1(C)O. The molecule has 0 aliphatic carbocycles. The Hall–Kier alpha value is -2.78. The lowest BCUT2D eigenvalue weighted by Crippen LogP contribution is -2.63. The van der Waals surface area contributed by atoms with Crippen LogP contribution in [0.2, 0.25) is 0 Å². The van der Waals surface area contributed by atoms with Gasteiger partial charge in [0.1, 0.15) is 17.1 Å². The monoisotopic (exact) mass is 430 g/mol. The maximum absolute atomic E-state index is 14.0. The van der Waals surface area contributed by atoms with Gasteiger partial charge in [0.25, 0.3) is 5.91 Å². The molecule has 2 aromatic rings. The van der Waals surface area contributed by atoms with E-state index >= 15 is 0 Å². The Kier molecular flexibility index (Phi) is 5.57. The summed E-state index contributed by atoms with van der Waals surface area (Å²) in [5.74, 6) is -0.794. The van der Waals surface area contributed by atoms with Crippen LogP contribution in [0.15, 0.2) is 30.3 Å². The number of amides is 2. The van der Waals surface area contributed by atoms with Crippen LogP contribution in [0.4, 0.5) is 4.39 Å². The lowest BCUT2D eigenvalue weighted by atomic mass is 9.77. The Morgan fingerprint density at radius 1 is 1.32 bits per heavy atom. The zero-order valence-corrected chi connectivity index (χ0v) is 17.7. The number of nitrogens with one attached hydrogen (secondary N) is 2. The van der Waals surface area contributed by atoms with E-state index in [-0.39, 0.29) is 18.4 Å². The van der Waals surface area contributed by atoms with Crippen LogP contribution >= 0.6 is 0 Å². The summed E-state index contributed by atoms with van der Waals surface area (Å²) in [5.41, 5.74) is -0.604. The molecule has 2 amide bonds. The van der Waals surface area contributed by atoms with E-state index < -0.39 is 23.1 Å². The zero-order chi connectivity index (χ0) is 22.2. The summed E-state index contributed by atoms with van der Waals surface area (Å²) in [4.78, 5) is 26.2. The fraction of sp³-hybridized carbons (Fsp3) is 0.500. The van der Waals surface area contributed by atoms with Crippen LogP contribution in [0.1, 0.15) is 43.6 Å². The lowest BCUT2D eigenvalue weighted by Gasteiger charge is -2.50. The second-order valence-corrected chi connectivity index (χ2v) is 8.73. The van der Waals surface area contributed by atoms with Crippen molar-refractivity contribution in [3.8, 4) is 11.3 Å². The van der Waals surface area contributed by atoms with Gasteiger partial charge in [-0.25, -0.2) is 4.39 Å². The number of benzene rings is 1. The molecule has 0 bridgehead atoms. The third-order valence-electron chi connectivity index (χ3n) is 6.29. The number of aromatic nitrogens is 2. The number of carbonyl (C=O) groups is 2. The molecule has 1 aromatic carbocycles. The van der Waals surface area contributed by atoms with Crippen LogP contribution in [0.25, 0.3) is 11.3 Å². The second kappa shape index (κ2) is 8.05. The van der Waals surface area contributed by atoms with Gasteiger partial charge in [0, 0.05) is 25.6 Å². The van der Waals surface area contributed by atoms with Crippen LogP contribution in [0.5, 0.6) is 0 Å². The van der Waals surface area contributed by atoms with Crippen molar-refractivity contribution in [3.05, 3.63) is 41.8 Å². The Morgan fingerprint density at radius 3 is 2.71 bits per heavy atom. The number of aliphatic hydroxyl groups is 1. The van der Waals surface area contributed by atoms with Gasteiger partial charge in [-0.3, -0.25) is 14.7 Å². The van der Waals surface area contributed by atoms with E-state index in [2.05, 4.69) is 15.5 Å². The number of rotatable bonds is 3. The molecule has 1 spiro atoms. The van der Waals surface area contributed by atoms with Gasteiger partial charge in [0.2, 0.25) is 5.91 Å². The van der Waals surface area contributed by atoms with Gasteiger partial charge >= 0.3 is 0 Å². The standard InChI is InChI=1S/C22H27FN4O4/c1-14(28)24-19-12-22(31-13-21(19,2)30)7-9-27(10-8-22)20(29)18-11-17(25-26-18)15-5-3-4-6-16(15)23/h3-6,11,19,30H,7-10,12-13H2,1-2H3,(H,24,28)(H,25,26)/t19-,21-/m0/s1. The summed E-state index contributed by atoms with van der Waals surface area (Å²) in [5, 5.41) is 20.2. The van der Waals surface area contributed by atoms with Gasteiger partial charge < -0.3 is 20.1 Å². The number of ether oxygens (including phenoxy) is 1. The molecule has 2 fully saturated rings. The lowest BCUT2D eigenvalue weighted by molar-refractivity contribution is -0.191. The quantitative estimate of drug-likeness (QED) is 0.689. The molecule has 166 valence electrons. The maximum atomic E-state index is 14.0. The number of piperidine rings is 1. The van der Waals surface area contributed by atoms with Gasteiger partial charge in [-0.05, 0) is 44.4 Å². The number of hydrogen-bond donors (Lipinski definition) is 3. The van der Waals surface area contributed by atoms with Gasteiger partial charge in [-0.15, -0.1) is 0 Å². The minimum absolute atomic E-state index is 0.123. The first-order valence-corrected chi connectivity index (χ1v) is 10.4. The molecule has 0 saturated carbocycles. The van der Waals surface area contributed by atoms with E-state index in [0.717, 1.165) is 0 Å². The van der Waals surface area contributed by atoms with Crippen molar-refractivity contribution in [1.82, 2.24) is 20.4 Å². The van der Waals surface area contributed by atoms with Crippen LogP contribution in [0, 0.1) is 5.82 Å². The number of halogens is 1. The highest BCUT2D eigenvalue weighted by atomic mass is 19.1. The van der Waals surface area contributed by atoms with Crippen molar-refractivity contribution in [2.45, 2.75) is 50.4 Å². The van der Waals surface area contributed by atoms with Crippen molar-refractivity contribution in [2.75, 3.05) is 19.7 Å². The van der Waals surface area contributed by atoms with Gasteiger partial charge in [-0.1, -0.05) is 12.1 Å². The van der Waals surface area contributed by atoms with Crippen LogP contribution in [-0.4, -0.2) is 69.0 Å².